The lowest BCUT2D eigenvalue weighted by molar-refractivity contribution is 0.353. The van der Waals surface area contributed by atoms with Crippen LogP contribution in [0.25, 0.3) is 0 Å². The molecular formula is C16H25NO2S2. The van der Waals surface area contributed by atoms with E-state index in [1.165, 1.54) is 22.8 Å². The lowest BCUT2D eigenvalue weighted by Crippen LogP contribution is -2.34. The fourth-order valence-corrected chi connectivity index (χ4v) is 5.38. The average Bonchev–Trinajstić information content (AvgIpc) is 2.56. The second-order valence-corrected chi connectivity index (χ2v) is 7.53. The van der Waals surface area contributed by atoms with Crippen molar-refractivity contribution in [3.8, 4) is 11.5 Å². The van der Waals surface area contributed by atoms with Crippen LogP contribution in [0.15, 0.2) is 18.2 Å². The molecule has 1 N–H and O–H groups in total. The molecule has 0 saturated carbocycles. The molecule has 118 valence electrons. The Bertz CT molecular complexity index is 436. The minimum atomic E-state index is 0.377. The summed E-state index contributed by atoms with van der Waals surface area (Å²) in [5, 5.41) is 4.33. The number of nitrogens with one attached hydrogen (secondary N) is 1. The van der Waals surface area contributed by atoms with Crippen LogP contribution in [0.3, 0.4) is 0 Å². The molecule has 2 atom stereocenters. The van der Waals surface area contributed by atoms with Gasteiger partial charge in [-0.25, -0.2) is 0 Å². The van der Waals surface area contributed by atoms with Crippen LogP contribution in [0.2, 0.25) is 0 Å². The van der Waals surface area contributed by atoms with E-state index in [4.69, 9.17) is 9.47 Å². The van der Waals surface area contributed by atoms with Crippen LogP contribution in [0, 0.1) is 0 Å². The maximum Gasteiger partial charge on any atom is 0.161 e. The molecule has 0 aromatic heterocycles. The molecule has 1 fully saturated rings. The van der Waals surface area contributed by atoms with Crippen LogP contribution in [-0.4, -0.2) is 43.3 Å². The van der Waals surface area contributed by atoms with E-state index in [0.29, 0.717) is 11.3 Å². The lowest BCUT2D eigenvalue weighted by Gasteiger charge is -2.31. The number of ether oxygens (including phenoxy) is 2. The Morgan fingerprint density at radius 1 is 1.24 bits per heavy atom. The molecule has 0 spiro atoms. The Labute approximate surface area is 136 Å². The van der Waals surface area contributed by atoms with Crippen molar-refractivity contribution in [3.05, 3.63) is 23.8 Å². The van der Waals surface area contributed by atoms with Gasteiger partial charge in [0.05, 0.1) is 14.2 Å². The fourth-order valence-electron chi connectivity index (χ4n) is 2.51. The number of hydrogen-bond donors (Lipinski definition) is 1. The minimum absolute atomic E-state index is 0.377. The zero-order valence-corrected chi connectivity index (χ0v) is 14.7. The summed E-state index contributed by atoms with van der Waals surface area (Å²) in [6, 6.07) is 6.66. The van der Waals surface area contributed by atoms with E-state index < -0.39 is 0 Å². The Morgan fingerprint density at radius 2 is 2.05 bits per heavy atom. The predicted octanol–water partition coefficient (Wildman–Crippen LogP) is 3.59. The Hall–Kier alpha value is -0.520. The largest absolute Gasteiger partial charge is 0.493 e. The highest BCUT2D eigenvalue weighted by Crippen LogP contribution is 2.37. The Kier molecular flexibility index (Phi) is 7.07. The van der Waals surface area contributed by atoms with Crippen LogP contribution >= 0.6 is 23.5 Å². The van der Waals surface area contributed by atoms with Gasteiger partial charge in [0.2, 0.25) is 0 Å². The molecule has 2 unspecified atom stereocenters. The molecule has 1 saturated heterocycles. The lowest BCUT2D eigenvalue weighted by atomic mass is 10.0. The first-order chi connectivity index (χ1) is 10.3. The number of rotatable bonds is 7. The summed E-state index contributed by atoms with van der Waals surface area (Å²) in [6.07, 6.45) is 1.15. The first kappa shape index (κ1) is 16.8. The van der Waals surface area contributed by atoms with Crippen molar-refractivity contribution >= 4 is 23.5 Å². The minimum Gasteiger partial charge on any atom is -0.493 e. The SMILES string of the molecule is CCCNC(c1ccc(OC)c(OC)c1)C1CSCCS1. The zero-order chi connectivity index (χ0) is 15.1. The first-order valence-corrected chi connectivity index (χ1v) is 9.65. The van der Waals surface area contributed by atoms with Gasteiger partial charge in [-0.05, 0) is 30.7 Å². The van der Waals surface area contributed by atoms with Gasteiger partial charge >= 0.3 is 0 Å². The molecule has 1 aliphatic rings. The van der Waals surface area contributed by atoms with Crippen LogP contribution < -0.4 is 14.8 Å². The maximum absolute atomic E-state index is 5.45. The molecule has 3 nitrogen and oxygen atoms in total. The van der Waals surface area contributed by atoms with E-state index in [1.807, 2.05) is 6.07 Å². The van der Waals surface area contributed by atoms with Gasteiger partial charge in [0.25, 0.3) is 0 Å². The molecule has 0 bridgehead atoms. The maximum atomic E-state index is 5.45. The molecule has 2 rings (SSSR count). The third-order valence-electron chi connectivity index (χ3n) is 3.59. The Balaban J connectivity index is 2.22. The highest BCUT2D eigenvalue weighted by molar-refractivity contribution is 8.06. The van der Waals surface area contributed by atoms with Gasteiger partial charge in [0, 0.05) is 28.6 Å². The molecule has 0 radical (unpaired) electrons. The van der Waals surface area contributed by atoms with Crippen molar-refractivity contribution in [2.75, 3.05) is 38.0 Å². The average molecular weight is 328 g/mol. The van der Waals surface area contributed by atoms with Crippen molar-refractivity contribution < 1.29 is 9.47 Å². The van der Waals surface area contributed by atoms with Crippen LogP contribution in [0.5, 0.6) is 11.5 Å². The van der Waals surface area contributed by atoms with Crippen molar-refractivity contribution in [2.24, 2.45) is 0 Å². The molecule has 0 aliphatic carbocycles. The topological polar surface area (TPSA) is 30.5 Å². The molecule has 1 aromatic carbocycles. The molecular weight excluding hydrogens is 302 g/mol. The summed E-state index contributed by atoms with van der Waals surface area (Å²) in [4.78, 5) is 0. The van der Waals surface area contributed by atoms with Crippen molar-refractivity contribution in [3.63, 3.8) is 0 Å². The highest BCUT2D eigenvalue weighted by Gasteiger charge is 2.26. The third-order valence-corrected chi connectivity index (χ3v) is 6.46. The van der Waals surface area contributed by atoms with Gasteiger partial charge < -0.3 is 14.8 Å². The Morgan fingerprint density at radius 3 is 2.67 bits per heavy atom. The summed E-state index contributed by atoms with van der Waals surface area (Å²) < 4.78 is 10.8. The second-order valence-electron chi connectivity index (χ2n) is 5.03. The van der Waals surface area contributed by atoms with Crippen molar-refractivity contribution in [2.45, 2.75) is 24.6 Å². The van der Waals surface area contributed by atoms with Gasteiger partial charge in [-0.3, -0.25) is 0 Å². The van der Waals surface area contributed by atoms with Crippen molar-refractivity contribution in [1.29, 1.82) is 0 Å². The number of methoxy groups -OCH3 is 2. The molecule has 5 heteroatoms. The standard InChI is InChI=1S/C16H25NO2S2/c1-4-7-17-16(15-11-20-8-9-21-15)12-5-6-13(18-2)14(10-12)19-3/h5-6,10,15-17H,4,7-9,11H2,1-3H3. The molecule has 1 heterocycles. The van der Waals surface area contributed by atoms with E-state index in [0.717, 1.165) is 24.5 Å². The summed E-state index contributed by atoms with van der Waals surface area (Å²) in [5.74, 6) is 5.33. The van der Waals surface area contributed by atoms with Gasteiger partial charge in [0.1, 0.15) is 0 Å². The van der Waals surface area contributed by atoms with Gasteiger partial charge in [-0.2, -0.15) is 23.5 Å². The monoisotopic (exact) mass is 327 g/mol. The second kappa shape index (κ2) is 8.81. The van der Waals surface area contributed by atoms with E-state index >= 15 is 0 Å². The van der Waals surface area contributed by atoms with Crippen LogP contribution in [-0.2, 0) is 0 Å². The molecule has 1 aliphatic heterocycles. The first-order valence-electron chi connectivity index (χ1n) is 7.44. The van der Waals surface area contributed by atoms with E-state index in [1.54, 1.807) is 14.2 Å². The third kappa shape index (κ3) is 4.47. The predicted molar refractivity (Wildman–Crippen MR) is 94.2 cm³/mol. The molecule has 21 heavy (non-hydrogen) atoms. The summed E-state index contributed by atoms with van der Waals surface area (Å²) in [5.41, 5.74) is 1.29. The smallest absolute Gasteiger partial charge is 0.161 e. The highest BCUT2D eigenvalue weighted by atomic mass is 32.2. The fraction of sp³-hybridized carbons (Fsp3) is 0.625. The number of benzene rings is 1. The summed E-state index contributed by atoms with van der Waals surface area (Å²) in [6.45, 7) is 3.25. The number of hydrogen-bond acceptors (Lipinski definition) is 5. The van der Waals surface area contributed by atoms with Gasteiger partial charge in [0.15, 0.2) is 11.5 Å². The van der Waals surface area contributed by atoms with Crippen LogP contribution in [0.1, 0.15) is 24.9 Å². The quantitative estimate of drug-likeness (QED) is 0.827. The van der Waals surface area contributed by atoms with Gasteiger partial charge in [-0.15, -0.1) is 0 Å². The van der Waals surface area contributed by atoms with Gasteiger partial charge in [-0.1, -0.05) is 13.0 Å². The summed E-state index contributed by atoms with van der Waals surface area (Å²) >= 11 is 4.14. The van der Waals surface area contributed by atoms with Crippen molar-refractivity contribution in [1.82, 2.24) is 5.32 Å². The van der Waals surface area contributed by atoms with E-state index in [9.17, 15) is 0 Å². The molecule has 1 aromatic rings. The van der Waals surface area contributed by atoms with E-state index in [2.05, 4.69) is 47.9 Å². The normalized spacial score (nSPS) is 20.0. The zero-order valence-electron chi connectivity index (χ0n) is 13.1. The molecule has 0 amide bonds. The van der Waals surface area contributed by atoms with E-state index in [-0.39, 0.29) is 0 Å². The summed E-state index contributed by atoms with van der Waals surface area (Å²) in [7, 11) is 3.37. The number of thioether (sulfide) groups is 2. The van der Waals surface area contributed by atoms with Crippen LogP contribution in [0.4, 0.5) is 0 Å².